The number of carbonyl (C=O) groups is 2. The number of rotatable bonds is 8. The molecule has 0 aromatic heterocycles. The number of aliphatic imine (C=N–C) groups is 1. The number of guanidine groups is 1. The van der Waals surface area contributed by atoms with Crippen LogP contribution in [0.2, 0.25) is 0 Å². The second kappa shape index (κ2) is 11.4. The van der Waals surface area contributed by atoms with E-state index in [1.807, 2.05) is 4.90 Å². The Morgan fingerprint density at radius 2 is 1.69 bits per heavy atom. The molecule has 3 rings (SSSR count). The summed E-state index contributed by atoms with van der Waals surface area (Å²) in [5.74, 6) is 1.36. The van der Waals surface area contributed by atoms with Gasteiger partial charge in [-0.2, -0.15) is 0 Å². The van der Waals surface area contributed by atoms with Crippen molar-refractivity contribution in [1.29, 1.82) is 0 Å². The maximum atomic E-state index is 12.5. The number of piperazine rings is 1. The van der Waals surface area contributed by atoms with Crippen LogP contribution in [0.15, 0.2) is 4.99 Å². The predicted molar refractivity (Wildman–Crippen MR) is 115 cm³/mol. The van der Waals surface area contributed by atoms with Gasteiger partial charge in [-0.05, 0) is 45.4 Å². The van der Waals surface area contributed by atoms with Gasteiger partial charge < -0.3 is 20.4 Å². The van der Waals surface area contributed by atoms with E-state index in [4.69, 9.17) is 4.99 Å². The maximum absolute atomic E-state index is 12.5. The molecule has 0 bridgehead atoms. The van der Waals surface area contributed by atoms with Gasteiger partial charge in [-0.3, -0.25) is 19.5 Å². The zero-order valence-electron chi connectivity index (χ0n) is 18.0. The van der Waals surface area contributed by atoms with Crippen molar-refractivity contribution in [2.24, 2.45) is 4.99 Å². The van der Waals surface area contributed by atoms with Gasteiger partial charge in [0.15, 0.2) is 5.96 Å². The Morgan fingerprint density at radius 3 is 2.34 bits per heavy atom. The highest BCUT2D eigenvalue weighted by Crippen LogP contribution is 2.18. The van der Waals surface area contributed by atoms with Gasteiger partial charge >= 0.3 is 0 Å². The van der Waals surface area contributed by atoms with Crippen LogP contribution < -0.4 is 10.6 Å². The van der Waals surface area contributed by atoms with E-state index in [9.17, 15) is 9.59 Å². The number of carbonyl (C=O) groups excluding carboxylic acids is 2. The third kappa shape index (κ3) is 7.49. The number of piperidine rings is 1. The molecule has 2 amide bonds. The largest absolute Gasteiger partial charge is 0.357 e. The fourth-order valence-corrected chi connectivity index (χ4v) is 3.93. The molecule has 1 aliphatic carbocycles. The van der Waals surface area contributed by atoms with Crippen LogP contribution in [0.5, 0.6) is 0 Å². The molecular weight excluding hydrogens is 368 g/mol. The van der Waals surface area contributed by atoms with Gasteiger partial charge in [-0.15, -0.1) is 0 Å². The lowest BCUT2D eigenvalue weighted by Gasteiger charge is -2.37. The average molecular weight is 407 g/mol. The summed E-state index contributed by atoms with van der Waals surface area (Å²) in [5, 5.41) is 6.40. The standard InChI is InChI=1S/C21H38N6O2/c1-2-22-21(23-10-6-7-19(28)24-18-8-9-18)27-15-13-25(14-16-27)17-20(29)26-11-4-3-5-12-26/h18H,2-17H2,1H3,(H,22,23)(H,24,28). The van der Waals surface area contributed by atoms with Crippen LogP contribution in [-0.4, -0.2) is 97.4 Å². The molecule has 0 aromatic rings. The molecule has 1 saturated carbocycles. The Labute approximate surface area is 175 Å². The highest BCUT2D eigenvalue weighted by atomic mass is 16.2. The predicted octanol–water partition coefficient (Wildman–Crippen LogP) is 0.641. The number of likely N-dealkylation sites (tertiary alicyclic amines) is 1. The quantitative estimate of drug-likeness (QED) is 0.351. The number of nitrogens with zero attached hydrogens (tertiary/aromatic N) is 4. The van der Waals surface area contributed by atoms with Crippen LogP contribution in [-0.2, 0) is 9.59 Å². The van der Waals surface area contributed by atoms with Crippen molar-refractivity contribution >= 4 is 17.8 Å². The zero-order valence-corrected chi connectivity index (χ0v) is 18.0. The Kier molecular flexibility index (Phi) is 8.58. The Morgan fingerprint density at radius 1 is 0.966 bits per heavy atom. The summed E-state index contributed by atoms with van der Waals surface area (Å²) in [4.78, 5) is 35.6. The van der Waals surface area contributed by atoms with Gasteiger partial charge in [0, 0.05) is 64.8 Å². The Bertz CT molecular complexity index is 564. The molecule has 0 atom stereocenters. The fraction of sp³-hybridized carbons (Fsp3) is 0.857. The first-order chi connectivity index (χ1) is 14.2. The molecule has 0 radical (unpaired) electrons. The van der Waals surface area contributed by atoms with Gasteiger partial charge in [-0.25, -0.2) is 0 Å². The van der Waals surface area contributed by atoms with Gasteiger partial charge in [0.1, 0.15) is 0 Å². The summed E-state index contributed by atoms with van der Waals surface area (Å²) < 4.78 is 0. The number of amides is 2. The maximum Gasteiger partial charge on any atom is 0.236 e. The minimum atomic E-state index is 0.152. The molecule has 2 saturated heterocycles. The zero-order chi connectivity index (χ0) is 20.5. The Hall–Kier alpha value is -1.83. The minimum absolute atomic E-state index is 0.152. The van der Waals surface area contributed by atoms with Crippen molar-refractivity contribution in [3.63, 3.8) is 0 Å². The first kappa shape index (κ1) is 21.9. The lowest BCUT2D eigenvalue weighted by molar-refractivity contribution is -0.133. The fourth-order valence-electron chi connectivity index (χ4n) is 3.93. The van der Waals surface area contributed by atoms with Crippen LogP contribution in [0.3, 0.4) is 0 Å². The molecule has 2 aliphatic heterocycles. The minimum Gasteiger partial charge on any atom is -0.357 e. The van der Waals surface area contributed by atoms with E-state index in [0.29, 0.717) is 25.6 Å². The molecule has 0 unspecified atom stereocenters. The van der Waals surface area contributed by atoms with Gasteiger partial charge in [0.05, 0.1) is 6.54 Å². The molecule has 8 nitrogen and oxygen atoms in total. The van der Waals surface area contributed by atoms with Crippen molar-refractivity contribution in [1.82, 2.24) is 25.3 Å². The van der Waals surface area contributed by atoms with Crippen molar-refractivity contribution in [2.75, 3.05) is 58.9 Å². The van der Waals surface area contributed by atoms with Crippen molar-refractivity contribution < 1.29 is 9.59 Å². The summed E-state index contributed by atoms with van der Waals surface area (Å²) in [6.07, 6.45) is 7.12. The van der Waals surface area contributed by atoms with Crippen LogP contribution in [0.4, 0.5) is 0 Å². The summed E-state index contributed by atoms with van der Waals surface area (Å²) in [7, 11) is 0. The molecule has 3 aliphatic rings. The molecule has 29 heavy (non-hydrogen) atoms. The van der Waals surface area contributed by atoms with E-state index < -0.39 is 0 Å². The molecule has 164 valence electrons. The van der Waals surface area contributed by atoms with E-state index in [-0.39, 0.29) is 11.8 Å². The summed E-state index contributed by atoms with van der Waals surface area (Å²) in [5.41, 5.74) is 0. The third-order valence-electron chi connectivity index (χ3n) is 5.84. The smallest absolute Gasteiger partial charge is 0.236 e. The lowest BCUT2D eigenvalue weighted by atomic mass is 10.1. The highest BCUT2D eigenvalue weighted by Gasteiger charge is 2.24. The molecule has 2 N–H and O–H groups in total. The topological polar surface area (TPSA) is 80.3 Å². The van der Waals surface area contributed by atoms with Gasteiger partial charge in [-0.1, -0.05) is 0 Å². The van der Waals surface area contributed by atoms with Gasteiger partial charge in [0.25, 0.3) is 0 Å². The monoisotopic (exact) mass is 406 g/mol. The SMILES string of the molecule is CCNC(=NCCCC(=O)NC1CC1)N1CCN(CC(=O)N2CCCCC2)CC1. The summed E-state index contributed by atoms with van der Waals surface area (Å²) in [6.45, 7) is 9.47. The lowest BCUT2D eigenvalue weighted by Crippen LogP contribution is -2.54. The van der Waals surface area contributed by atoms with E-state index in [0.717, 1.165) is 83.9 Å². The highest BCUT2D eigenvalue weighted by molar-refractivity contribution is 5.80. The number of hydrogen-bond donors (Lipinski definition) is 2. The molecule has 8 heteroatoms. The average Bonchev–Trinajstić information content (AvgIpc) is 3.55. The van der Waals surface area contributed by atoms with Crippen LogP contribution in [0.1, 0.15) is 51.9 Å². The normalized spacial score (nSPS) is 21.2. The molecule has 2 heterocycles. The second-order valence-corrected chi connectivity index (χ2v) is 8.39. The molecule has 0 spiro atoms. The third-order valence-corrected chi connectivity index (χ3v) is 5.84. The van der Waals surface area contributed by atoms with Crippen molar-refractivity contribution in [3.8, 4) is 0 Å². The number of nitrogens with one attached hydrogen (secondary N) is 2. The second-order valence-electron chi connectivity index (χ2n) is 8.39. The van der Waals surface area contributed by atoms with E-state index >= 15 is 0 Å². The summed E-state index contributed by atoms with van der Waals surface area (Å²) in [6, 6.07) is 0.432. The van der Waals surface area contributed by atoms with Crippen molar-refractivity contribution in [2.45, 2.75) is 57.9 Å². The Balaban J connectivity index is 1.37. The van der Waals surface area contributed by atoms with E-state index in [2.05, 4.69) is 27.4 Å². The first-order valence-electron chi connectivity index (χ1n) is 11.5. The van der Waals surface area contributed by atoms with Gasteiger partial charge in [0.2, 0.25) is 11.8 Å². The summed E-state index contributed by atoms with van der Waals surface area (Å²) >= 11 is 0. The molecule has 0 aromatic carbocycles. The van der Waals surface area contributed by atoms with Crippen LogP contribution >= 0.6 is 0 Å². The molecule has 3 fully saturated rings. The number of hydrogen-bond acceptors (Lipinski definition) is 4. The van der Waals surface area contributed by atoms with E-state index in [1.165, 1.54) is 6.42 Å². The first-order valence-corrected chi connectivity index (χ1v) is 11.5. The molecular formula is C21H38N6O2. The van der Waals surface area contributed by atoms with Crippen LogP contribution in [0, 0.1) is 0 Å². The van der Waals surface area contributed by atoms with E-state index in [1.54, 1.807) is 0 Å². The van der Waals surface area contributed by atoms with Crippen molar-refractivity contribution in [3.05, 3.63) is 0 Å². The van der Waals surface area contributed by atoms with Crippen LogP contribution in [0.25, 0.3) is 0 Å².